The summed E-state index contributed by atoms with van der Waals surface area (Å²) in [6, 6.07) is 8.10. The van der Waals surface area contributed by atoms with E-state index in [9.17, 15) is 5.11 Å². The number of rotatable bonds is 1. The molecule has 1 heteroatoms. The predicted molar refractivity (Wildman–Crippen MR) is 77.2 cm³/mol. The molecule has 18 heavy (non-hydrogen) atoms. The lowest BCUT2D eigenvalue weighted by Gasteiger charge is -2.17. The Kier molecular flexibility index (Phi) is 3.16. The predicted octanol–water partition coefficient (Wildman–Crippen LogP) is 4.60. The van der Waals surface area contributed by atoms with Crippen LogP contribution in [0.5, 0.6) is 5.75 Å². The lowest BCUT2D eigenvalue weighted by Crippen LogP contribution is -1.95. The molecule has 1 N–H and O–H groups in total. The molecule has 94 valence electrons. The van der Waals surface area contributed by atoms with Crippen LogP contribution in [0.1, 0.15) is 27.8 Å². The lowest BCUT2D eigenvalue weighted by molar-refractivity contribution is 0.474. The van der Waals surface area contributed by atoms with E-state index >= 15 is 0 Å². The van der Waals surface area contributed by atoms with Crippen molar-refractivity contribution < 1.29 is 5.11 Å². The molecule has 0 unspecified atom stereocenters. The van der Waals surface area contributed by atoms with Gasteiger partial charge in [0.25, 0.3) is 0 Å². The summed E-state index contributed by atoms with van der Waals surface area (Å²) in [6.45, 7) is 10.5. The molecule has 2 rings (SSSR count). The first-order valence-electron chi connectivity index (χ1n) is 6.28. The fourth-order valence-corrected chi connectivity index (χ4v) is 2.91. The summed E-state index contributed by atoms with van der Waals surface area (Å²) in [6.07, 6.45) is 0. The van der Waals surface area contributed by atoms with E-state index in [1.54, 1.807) is 0 Å². The molecular formula is C17H20O. The Morgan fingerprint density at radius 1 is 0.611 bits per heavy atom. The van der Waals surface area contributed by atoms with Crippen molar-refractivity contribution in [3.05, 3.63) is 52.1 Å². The van der Waals surface area contributed by atoms with Crippen molar-refractivity contribution in [3.63, 3.8) is 0 Å². The summed E-state index contributed by atoms with van der Waals surface area (Å²) < 4.78 is 0. The van der Waals surface area contributed by atoms with Crippen molar-refractivity contribution in [2.45, 2.75) is 34.6 Å². The van der Waals surface area contributed by atoms with Crippen LogP contribution in [0.25, 0.3) is 11.1 Å². The van der Waals surface area contributed by atoms with Crippen LogP contribution in [0.15, 0.2) is 24.3 Å². The number of phenols is 1. The van der Waals surface area contributed by atoms with Gasteiger partial charge in [0, 0.05) is 0 Å². The average Bonchev–Trinajstić information content (AvgIpc) is 2.20. The van der Waals surface area contributed by atoms with Gasteiger partial charge in [-0.25, -0.2) is 0 Å². The topological polar surface area (TPSA) is 20.2 Å². The van der Waals surface area contributed by atoms with Crippen molar-refractivity contribution >= 4 is 0 Å². The van der Waals surface area contributed by atoms with E-state index in [1.165, 1.54) is 27.8 Å². The van der Waals surface area contributed by atoms with E-state index in [0.29, 0.717) is 5.75 Å². The van der Waals surface area contributed by atoms with E-state index in [-0.39, 0.29) is 0 Å². The number of benzene rings is 2. The number of phenolic OH excluding ortho intramolecular Hbond substituents is 1. The molecule has 0 amide bonds. The van der Waals surface area contributed by atoms with Gasteiger partial charge < -0.3 is 5.11 Å². The SMILES string of the molecule is Cc1cc(C)c(-c2c(C)cc(O)cc2C)c(C)c1. The van der Waals surface area contributed by atoms with Gasteiger partial charge in [0.15, 0.2) is 0 Å². The molecule has 0 bridgehead atoms. The highest BCUT2D eigenvalue weighted by atomic mass is 16.3. The molecule has 2 aromatic carbocycles. The van der Waals surface area contributed by atoms with E-state index in [4.69, 9.17) is 0 Å². The molecule has 1 nitrogen and oxygen atoms in total. The van der Waals surface area contributed by atoms with Gasteiger partial charge in [-0.2, -0.15) is 0 Å². The molecule has 0 atom stereocenters. The fraction of sp³-hybridized carbons (Fsp3) is 0.294. The molecule has 0 aliphatic rings. The maximum atomic E-state index is 9.65. The van der Waals surface area contributed by atoms with Crippen molar-refractivity contribution in [1.82, 2.24) is 0 Å². The Labute approximate surface area is 109 Å². The zero-order valence-electron chi connectivity index (χ0n) is 11.8. The summed E-state index contributed by atoms with van der Waals surface area (Å²) >= 11 is 0. The third-order valence-electron chi connectivity index (χ3n) is 3.44. The summed E-state index contributed by atoms with van der Waals surface area (Å²) in [5.74, 6) is 0.344. The maximum Gasteiger partial charge on any atom is 0.116 e. The fourth-order valence-electron chi connectivity index (χ4n) is 2.91. The van der Waals surface area contributed by atoms with E-state index in [1.807, 2.05) is 12.1 Å². The van der Waals surface area contributed by atoms with Gasteiger partial charge in [-0.3, -0.25) is 0 Å². The van der Waals surface area contributed by atoms with Gasteiger partial charge in [-0.15, -0.1) is 0 Å². The zero-order chi connectivity index (χ0) is 13.4. The second kappa shape index (κ2) is 4.49. The molecule has 2 aromatic rings. The zero-order valence-corrected chi connectivity index (χ0v) is 11.8. The first-order valence-corrected chi connectivity index (χ1v) is 6.28. The Morgan fingerprint density at radius 2 is 0.944 bits per heavy atom. The van der Waals surface area contributed by atoms with Gasteiger partial charge in [0.1, 0.15) is 5.75 Å². The molecule has 0 saturated heterocycles. The highest BCUT2D eigenvalue weighted by Gasteiger charge is 2.12. The van der Waals surface area contributed by atoms with E-state index in [2.05, 4.69) is 46.8 Å². The molecule has 0 spiro atoms. The van der Waals surface area contributed by atoms with E-state index in [0.717, 1.165) is 11.1 Å². The van der Waals surface area contributed by atoms with Crippen LogP contribution in [0.2, 0.25) is 0 Å². The average molecular weight is 240 g/mol. The van der Waals surface area contributed by atoms with Gasteiger partial charge in [-0.05, 0) is 80.1 Å². The minimum atomic E-state index is 0.344. The Morgan fingerprint density at radius 3 is 1.33 bits per heavy atom. The molecule has 0 saturated carbocycles. The van der Waals surface area contributed by atoms with Crippen molar-refractivity contribution in [3.8, 4) is 16.9 Å². The van der Waals surface area contributed by atoms with Crippen molar-refractivity contribution in [2.24, 2.45) is 0 Å². The monoisotopic (exact) mass is 240 g/mol. The van der Waals surface area contributed by atoms with Crippen LogP contribution in [-0.2, 0) is 0 Å². The van der Waals surface area contributed by atoms with E-state index < -0.39 is 0 Å². The third kappa shape index (κ3) is 2.13. The maximum absolute atomic E-state index is 9.65. The quantitative estimate of drug-likeness (QED) is 0.772. The Balaban J connectivity index is 2.78. The molecule has 0 aliphatic heterocycles. The van der Waals surface area contributed by atoms with Crippen LogP contribution in [0.3, 0.4) is 0 Å². The van der Waals surface area contributed by atoms with Crippen LogP contribution in [-0.4, -0.2) is 5.11 Å². The Hall–Kier alpha value is -1.76. The normalized spacial score (nSPS) is 10.7. The first kappa shape index (κ1) is 12.7. The molecular weight excluding hydrogens is 220 g/mol. The highest BCUT2D eigenvalue weighted by molar-refractivity contribution is 5.77. The summed E-state index contributed by atoms with van der Waals surface area (Å²) in [7, 11) is 0. The second-order valence-corrected chi connectivity index (χ2v) is 5.23. The summed E-state index contributed by atoms with van der Waals surface area (Å²) in [5, 5.41) is 9.65. The highest BCUT2D eigenvalue weighted by Crippen LogP contribution is 2.35. The first-order chi connectivity index (χ1) is 8.40. The van der Waals surface area contributed by atoms with Gasteiger partial charge in [0.2, 0.25) is 0 Å². The lowest BCUT2D eigenvalue weighted by atomic mass is 9.88. The van der Waals surface area contributed by atoms with Crippen LogP contribution >= 0.6 is 0 Å². The minimum absolute atomic E-state index is 0.344. The smallest absolute Gasteiger partial charge is 0.116 e. The summed E-state index contributed by atoms with van der Waals surface area (Å²) in [5.41, 5.74) is 8.69. The van der Waals surface area contributed by atoms with Crippen molar-refractivity contribution in [1.29, 1.82) is 0 Å². The standard InChI is InChI=1S/C17H20O/c1-10-6-11(2)16(12(3)7-10)17-13(4)8-15(18)9-14(17)5/h6-9,18H,1-5H3. The van der Waals surface area contributed by atoms with Crippen LogP contribution < -0.4 is 0 Å². The van der Waals surface area contributed by atoms with Gasteiger partial charge in [0.05, 0.1) is 0 Å². The molecule has 0 aromatic heterocycles. The number of aryl methyl sites for hydroxylation is 5. The molecule has 0 radical (unpaired) electrons. The molecule has 0 fully saturated rings. The summed E-state index contributed by atoms with van der Waals surface area (Å²) in [4.78, 5) is 0. The van der Waals surface area contributed by atoms with Crippen molar-refractivity contribution in [2.75, 3.05) is 0 Å². The Bertz CT molecular complexity index is 507. The largest absolute Gasteiger partial charge is 0.508 e. The minimum Gasteiger partial charge on any atom is -0.508 e. The van der Waals surface area contributed by atoms with Crippen LogP contribution in [0.4, 0.5) is 0 Å². The molecule has 0 aliphatic carbocycles. The van der Waals surface area contributed by atoms with Gasteiger partial charge in [-0.1, -0.05) is 17.7 Å². The second-order valence-electron chi connectivity index (χ2n) is 5.23. The molecule has 0 heterocycles. The van der Waals surface area contributed by atoms with Gasteiger partial charge >= 0.3 is 0 Å². The number of hydrogen-bond donors (Lipinski definition) is 1. The number of hydrogen-bond acceptors (Lipinski definition) is 1. The third-order valence-corrected chi connectivity index (χ3v) is 3.44. The van der Waals surface area contributed by atoms with Crippen LogP contribution in [0, 0.1) is 34.6 Å². The number of aromatic hydroxyl groups is 1.